The largest absolute Gasteiger partial charge is 0.379 e. The van der Waals surface area contributed by atoms with Crippen LogP contribution in [0, 0.1) is 74.4 Å². The van der Waals surface area contributed by atoms with Crippen LogP contribution in [0.4, 0.5) is 0 Å². The number of aliphatic imine (C=N–C) groups is 1. The van der Waals surface area contributed by atoms with Crippen molar-refractivity contribution in [1.82, 2.24) is 39.0 Å². The number of aryl methyl sites for hydroxylation is 5. The quantitative estimate of drug-likeness (QED) is 0.0505. The summed E-state index contributed by atoms with van der Waals surface area (Å²) in [4.78, 5) is 138. The molecule has 5 aliphatic heterocycles. The molecule has 808 valence electrons. The number of unbranched alkanes of at least 4 members (excludes halogenated alkanes) is 1. The number of aromatic nitrogens is 4. The van der Waals surface area contributed by atoms with E-state index in [1.807, 2.05) is 278 Å². The third-order valence-corrected chi connectivity index (χ3v) is 31.2. The molecule has 7 heterocycles. The van der Waals surface area contributed by atoms with Crippen molar-refractivity contribution in [2.24, 2.45) is 72.6 Å². The highest BCUT2D eigenvalue weighted by Crippen LogP contribution is 2.33. The molecule has 0 bridgehead atoms. The fourth-order valence-corrected chi connectivity index (χ4v) is 19.5. The van der Waals surface area contributed by atoms with Crippen LogP contribution in [0.15, 0.2) is 77.0 Å². The minimum atomic E-state index is -3.15. The highest BCUT2D eigenvalue weighted by atomic mass is 32.2. The van der Waals surface area contributed by atoms with E-state index in [0.717, 1.165) is 142 Å². The molecular weight excluding hydrogens is 1840 g/mol. The van der Waals surface area contributed by atoms with Crippen LogP contribution >= 0.6 is 11.3 Å². The molecule has 10 rings (SSSR count). The summed E-state index contributed by atoms with van der Waals surface area (Å²) in [5.74, 6) is 9.34. The Bertz CT molecular complexity index is 4810. The number of rotatable bonds is 27. The number of sulfonamides is 1. The fraction of sp³-hybridized carbons (Fsp3) is 0.739. The highest BCUT2D eigenvalue weighted by Gasteiger charge is 2.38. The first-order valence-corrected chi connectivity index (χ1v) is 56.6. The smallest absolute Gasteiger partial charge is 0.227 e. The SMILES string of the molecule is C=S1(=O)CCC(CC(=O)C(C)(C)C)C1.CC(C)(C)C(=O)CCC1=CC=CCC1=O.CC(C)(C)C(=O)CCC1CCCCC1.CC(C)(C)C(=O)CCCC1=CCC=N1.CC(C)(C)C(=O)CCCCN1CCCC1=O.CC(C)(C)C(=O)CCc1ccccc1.CC(C)(C)S(=O)(=O)N1CCOCC1.CN1CCC(N(C)C(=O)C(C)(C)C)C1.Cc1cc(CCC(=O)C(C)(C)C)n(C)n1.Cc1nnc(CC(=O)C(C)(C)C)s1. The van der Waals surface area contributed by atoms with Crippen LogP contribution in [-0.2, 0) is 103 Å². The van der Waals surface area contributed by atoms with Crippen LogP contribution in [0.5, 0.6) is 0 Å². The van der Waals surface area contributed by atoms with E-state index in [1.165, 1.54) is 53.3 Å². The van der Waals surface area contributed by atoms with E-state index < -0.39 is 24.3 Å². The standard InChI is InChI=1S/C13H23NO2.C13H18O2.C13H24O.C13H18O.C12H20N2O.C12H19NO.C11H22N2O.C11H20O2S.C9H14N2OS.C8H17NO3S/c1-13(2,3)11(15)7-4-5-9-14-10-6-8-12(14)16;1-13(2,3)12(15)9-8-10-6-4-5-7-11(10)14;2*1-13(2,3)12(14)10-9-11-7-5-4-6-8-11;1-9-8-10(14(5)13-9)6-7-11(15)12(2,3)4;1-12(2,3)11(14)8-4-6-10-7-5-9-13-10;1-11(2,3)10(14)13(5)9-6-7-12(4)8-9;1-11(2,3)10(12)7-9-5-6-14(4,13)8-9;1-6-10-11-8(13-6)5-7(12)9(2,3)4;1-8(2,3)13(10,11)9-4-6-12-7-5-9/h4-10H2,1-3H3;4-6H,7-9H2,1-3H3;11H,4-10H2,1-3H3;4-8H,9-10H2,1-3H3;8H,6-7H2,1-5H3;7,9H,4-6,8H2,1-3H3;9H,6-8H2,1-5H3;9H,4-8H2,1-3H3;5H2,1-4H3;4-7H2,1-3H3. The van der Waals surface area contributed by atoms with Crippen molar-refractivity contribution < 1.29 is 70.1 Å². The molecule has 2 aliphatic carbocycles. The van der Waals surface area contributed by atoms with Crippen LogP contribution < -0.4 is 0 Å². The molecule has 1 saturated carbocycles. The van der Waals surface area contributed by atoms with E-state index in [0.29, 0.717) is 143 Å². The Balaban J connectivity index is 0.000000789. The van der Waals surface area contributed by atoms with E-state index in [1.54, 1.807) is 20.8 Å². The van der Waals surface area contributed by atoms with Crippen molar-refractivity contribution in [3.05, 3.63) is 98.9 Å². The zero-order valence-electron chi connectivity index (χ0n) is 95.3. The van der Waals surface area contributed by atoms with Gasteiger partial charge in [0.1, 0.15) is 56.3 Å². The zero-order valence-corrected chi connectivity index (χ0v) is 97.8. The van der Waals surface area contributed by atoms with Crippen LogP contribution in [0.1, 0.15) is 389 Å². The Kier molecular flexibility index (Phi) is 56.9. The number of Topliss-reactive ketones (excluding diaryl/α,β-unsaturated/α-hetero) is 9. The topological polar surface area (TPSA) is 317 Å². The summed E-state index contributed by atoms with van der Waals surface area (Å²) < 4.78 is 43.1. The predicted molar refractivity (Wildman–Crippen MR) is 589 cm³/mol. The molecule has 142 heavy (non-hydrogen) atoms. The second-order valence-corrected chi connectivity index (χ2v) is 56.3. The van der Waals surface area contributed by atoms with Crippen molar-refractivity contribution in [2.75, 3.05) is 78.1 Å². The van der Waals surface area contributed by atoms with Crippen LogP contribution in [0.25, 0.3) is 0 Å². The molecule has 2 amide bonds. The minimum Gasteiger partial charge on any atom is -0.379 e. The maximum absolute atomic E-state index is 12.0. The van der Waals surface area contributed by atoms with Crippen molar-refractivity contribution in [2.45, 2.75) is 406 Å². The van der Waals surface area contributed by atoms with Gasteiger partial charge in [-0.3, -0.25) is 66.6 Å². The fourth-order valence-electron chi connectivity index (χ4n) is 15.3. The number of hydrogen-bond acceptors (Lipinski definition) is 21. The maximum atomic E-state index is 12.0. The summed E-state index contributed by atoms with van der Waals surface area (Å²) in [6.07, 6.45) is 33.6. The Morgan fingerprint density at radius 3 is 1.47 bits per heavy atom. The number of nitrogens with zero attached hydrogens (tertiary/aromatic N) is 9. The molecule has 0 spiro atoms. The van der Waals surface area contributed by atoms with Gasteiger partial charge >= 0.3 is 0 Å². The second-order valence-electron chi connectivity index (χ2n) is 49.7. The lowest BCUT2D eigenvalue weighted by Gasteiger charge is -2.32. The van der Waals surface area contributed by atoms with Gasteiger partial charge in [0, 0.05) is 195 Å². The van der Waals surface area contributed by atoms with Gasteiger partial charge in [-0.05, 0) is 163 Å². The molecule has 4 saturated heterocycles. The van der Waals surface area contributed by atoms with Crippen LogP contribution in [-0.4, -0.2) is 216 Å². The van der Waals surface area contributed by atoms with Gasteiger partial charge in [-0.25, -0.2) is 8.42 Å². The third kappa shape index (κ3) is 55.5. The molecule has 27 heteroatoms. The summed E-state index contributed by atoms with van der Waals surface area (Å²) in [7, 11) is 0.970. The van der Waals surface area contributed by atoms with E-state index in [4.69, 9.17) is 4.74 Å². The maximum Gasteiger partial charge on any atom is 0.227 e. The lowest BCUT2D eigenvalue weighted by Crippen LogP contribution is -2.48. The first-order chi connectivity index (χ1) is 64.9. The number of amides is 2. The molecular formula is C115H195N9O15S3. The van der Waals surface area contributed by atoms with Crippen LogP contribution in [0.2, 0.25) is 0 Å². The number of morpholine rings is 1. The Morgan fingerprint density at radius 2 is 1.05 bits per heavy atom. The van der Waals surface area contributed by atoms with Gasteiger partial charge in [-0.15, -0.1) is 21.5 Å². The second kappa shape index (κ2) is 60.9. The van der Waals surface area contributed by atoms with E-state index in [-0.39, 0.29) is 83.7 Å². The Hall–Kier alpha value is -7.30. The molecule has 3 aromatic rings. The molecule has 0 N–H and O–H groups in total. The molecule has 1 aromatic carbocycles. The van der Waals surface area contributed by atoms with Gasteiger partial charge < -0.3 is 19.4 Å². The summed E-state index contributed by atoms with van der Waals surface area (Å²) >= 11 is 1.49. The molecule has 3 unspecified atom stereocenters. The van der Waals surface area contributed by atoms with Crippen LogP contribution in [0.3, 0.4) is 0 Å². The van der Waals surface area contributed by atoms with Gasteiger partial charge in [-0.2, -0.15) is 9.40 Å². The van der Waals surface area contributed by atoms with E-state index in [2.05, 4.69) is 56.3 Å². The van der Waals surface area contributed by atoms with Crippen molar-refractivity contribution in [3.63, 3.8) is 0 Å². The molecule has 7 aliphatic rings. The lowest BCUT2D eigenvalue weighted by molar-refractivity contribution is -0.140. The molecule has 5 fully saturated rings. The zero-order chi connectivity index (χ0) is 109. The van der Waals surface area contributed by atoms with Gasteiger partial charge in [-0.1, -0.05) is 274 Å². The minimum absolute atomic E-state index is 0.130. The summed E-state index contributed by atoms with van der Waals surface area (Å²) in [6.45, 7) is 67.8. The average molecular weight is 2040 g/mol. The summed E-state index contributed by atoms with van der Waals surface area (Å²) in [5.41, 5.74) is 3.26. The van der Waals surface area contributed by atoms with Crippen molar-refractivity contribution >= 4 is 107 Å². The number of ketones is 9. The van der Waals surface area contributed by atoms with E-state index >= 15 is 0 Å². The molecule has 0 radical (unpaired) electrons. The number of benzene rings is 1. The first-order valence-electron chi connectivity index (χ1n) is 52.2. The summed E-state index contributed by atoms with van der Waals surface area (Å²) in [5, 5.41) is 13.8. The van der Waals surface area contributed by atoms with Gasteiger partial charge in [0.2, 0.25) is 21.8 Å². The molecule has 3 atom stereocenters. The van der Waals surface area contributed by atoms with Crippen molar-refractivity contribution in [3.8, 4) is 0 Å². The predicted octanol–water partition coefficient (Wildman–Crippen LogP) is 23.2. The number of carbonyl (C=O) groups excluding carboxylic acids is 11. The lowest BCUT2D eigenvalue weighted by atomic mass is 9.82. The Labute approximate surface area is 865 Å². The molecule has 2 aromatic heterocycles. The summed E-state index contributed by atoms with van der Waals surface area (Å²) in [6, 6.07) is 12.6. The number of likely N-dealkylation sites (N-methyl/N-ethyl adjacent to an activating group) is 2. The van der Waals surface area contributed by atoms with Gasteiger partial charge in [0.25, 0.3) is 0 Å². The monoisotopic (exact) mass is 2040 g/mol. The third-order valence-electron chi connectivity index (χ3n) is 25.7. The first kappa shape index (κ1) is 133. The Morgan fingerprint density at radius 1 is 0.549 bits per heavy atom. The number of carbonyl (C=O) groups is 11. The van der Waals surface area contributed by atoms with Gasteiger partial charge in [0.05, 0.1) is 30.1 Å². The number of ether oxygens (including phenoxy) is 1. The van der Waals surface area contributed by atoms with Gasteiger partial charge in [0.15, 0.2) is 5.78 Å². The normalized spacial score (nSPS) is 18.2. The molecule has 24 nitrogen and oxygen atoms in total. The highest BCUT2D eigenvalue weighted by molar-refractivity contribution is 8.00. The average Bonchev–Trinajstić information content (AvgIpc) is 1.08. The number of likely N-dealkylation sites (tertiary alicyclic amines) is 2. The number of hydrogen-bond donors (Lipinski definition) is 0. The number of allylic oxidation sites excluding steroid dienone is 6. The van der Waals surface area contributed by atoms with Crippen molar-refractivity contribution in [1.29, 1.82) is 0 Å². The van der Waals surface area contributed by atoms with E-state index in [9.17, 15) is 65.4 Å².